The Morgan fingerprint density at radius 2 is 2.28 bits per heavy atom. The Bertz CT molecular complexity index is 457. The molecular formula is C11H16N4O3. The number of hydrogen-bond donors (Lipinski definition) is 0. The maximum atomic E-state index is 12.1. The monoisotopic (exact) mass is 252 g/mol. The molecule has 0 saturated carbocycles. The molecule has 98 valence electrons. The molecule has 1 atom stereocenters. The summed E-state index contributed by atoms with van der Waals surface area (Å²) in [5.41, 5.74) is 0.308. The van der Waals surface area contributed by atoms with Crippen molar-refractivity contribution in [2.75, 3.05) is 20.2 Å². The standard InChI is InChI=1S/C11H16N4O3/c1-14-7-9(12-13-14)10(16)15-5-3-4-8(6-15)11(17)18-2/h7-8H,3-6H2,1-2H3. The SMILES string of the molecule is COC(=O)C1CCCN(C(=O)c2cn(C)nn2)C1. The summed E-state index contributed by atoms with van der Waals surface area (Å²) in [7, 11) is 3.07. The van der Waals surface area contributed by atoms with Crippen molar-refractivity contribution in [3.63, 3.8) is 0 Å². The van der Waals surface area contributed by atoms with E-state index < -0.39 is 0 Å². The molecule has 1 aromatic heterocycles. The minimum atomic E-state index is -0.258. The van der Waals surface area contributed by atoms with Crippen LogP contribution in [0.2, 0.25) is 0 Å². The summed E-state index contributed by atoms with van der Waals surface area (Å²) in [5.74, 6) is -0.673. The largest absolute Gasteiger partial charge is 0.469 e. The summed E-state index contributed by atoms with van der Waals surface area (Å²) >= 11 is 0. The quantitative estimate of drug-likeness (QED) is 0.683. The van der Waals surface area contributed by atoms with Gasteiger partial charge in [0.25, 0.3) is 5.91 Å². The van der Waals surface area contributed by atoms with Crippen molar-refractivity contribution < 1.29 is 14.3 Å². The van der Waals surface area contributed by atoms with Crippen molar-refractivity contribution in [1.82, 2.24) is 19.9 Å². The second kappa shape index (κ2) is 5.16. The minimum Gasteiger partial charge on any atom is -0.469 e. The fourth-order valence-corrected chi connectivity index (χ4v) is 2.13. The first-order valence-corrected chi connectivity index (χ1v) is 5.85. The van der Waals surface area contributed by atoms with Crippen LogP contribution < -0.4 is 0 Å². The van der Waals surface area contributed by atoms with Crippen LogP contribution in [0.25, 0.3) is 0 Å². The van der Waals surface area contributed by atoms with E-state index in [1.807, 2.05) is 0 Å². The molecule has 0 N–H and O–H groups in total. The Labute approximate surface area is 105 Å². The highest BCUT2D eigenvalue weighted by Crippen LogP contribution is 2.19. The van der Waals surface area contributed by atoms with Crippen molar-refractivity contribution in [2.24, 2.45) is 13.0 Å². The summed E-state index contributed by atoms with van der Waals surface area (Å²) in [6.45, 7) is 1.03. The molecule has 1 fully saturated rings. The molecule has 1 aliphatic heterocycles. The fourth-order valence-electron chi connectivity index (χ4n) is 2.13. The molecule has 7 heteroatoms. The van der Waals surface area contributed by atoms with Crippen molar-refractivity contribution in [2.45, 2.75) is 12.8 Å². The first kappa shape index (κ1) is 12.5. The average Bonchev–Trinajstić information content (AvgIpc) is 2.83. The van der Waals surface area contributed by atoms with Gasteiger partial charge in [-0.3, -0.25) is 14.3 Å². The number of aromatic nitrogens is 3. The second-order valence-corrected chi connectivity index (χ2v) is 4.39. The lowest BCUT2D eigenvalue weighted by atomic mass is 9.98. The van der Waals surface area contributed by atoms with E-state index in [1.54, 1.807) is 18.1 Å². The highest BCUT2D eigenvalue weighted by Gasteiger charge is 2.30. The number of aryl methyl sites for hydroxylation is 1. The number of rotatable bonds is 2. The third-order valence-electron chi connectivity index (χ3n) is 3.06. The molecule has 18 heavy (non-hydrogen) atoms. The molecule has 0 bridgehead atoms. The zero-order valence-corrected chi connectivity index (χ0v) is 10.5. The average molecular weight is 252 g/mol. The highest BCUT2D eigenvalue weighted by molar-refractivity contribution is 5.92. The summed E-state index contributed by atoms with van der Waals surface area (Å²) in [5, 5.41) is 7.52. The number of methoxy groups -OCH3 is 1. The van der Waals surface area contributed by atoms with Crippen LogP contribution in [-0.2, 0) is 16.6 Å². The van der Waals surface area contributed by atoms with E-state index in [0.29, 0.717) is 18.8 Å². The molecule has 0 aromatic carbocycles. The summed E-state index contributed by atoms with van der Waals surface area (Å²) in [6.07, 6.45) is 3.13. The molecule has 0 radical (unpaired) electrons. The Kier molecular flexibility index (Phi) is 3.59. The van der Waals surface area contributed by atoms with Crippen LogP contribution in [0.5, 0.6) is 0 Å². The van der Waals surface area contributed by atoms with E-state index >= 15 is 0 Å². The van der Waals surface area contributed by atoms with Crippen LogP contribution in [0.15, 0.2) is 6.20 Å². The third-order valence-corrected chi connectivity index (χ3v) is 3.06. The number of nitrogens with zero attached hydrogens (tertiary/aromatic N) is 4. The predicted molar refractivity (Wildman–Crippen MR) is 61.6 cm³/mol. The summed E-state index contributed by atoms with van der Waals surface area (Å²) in [4.78, 5) is 25.2. The normalized spacial score (nSPS) is 19.7. The number of piperidine rings is 1. The fraction of sp³-hybridized carbons (Fsp3) is 0.636. The van der Waals surface area contributed by atoms with Crippen molar-refractivity contribution in [1.29, 1.82) is 0 Å². The lowest BCUT2D eigenvalue weighted by Gasteiger charge is -2.30. The van der Waals surface area contributed by atoms with Gasteiger partial charge in [-0.2, -0.15) is 0 Å². The summed E-state index contributed by atoms with van der Waals surface area (Å²) < 4.78 is 6.20. The Morgan fingerprint density at radius 1 is 1.50 bits per heavy atom. The van der Waals surface area contributed by atoms with Crippen LogP contribution in [0.3, 0.4) is 0 Å². The van der Waals surface area contributed by atoms with E-state index in [4.69, 9.17) is 4.74 Å². The Hall–Kier alpha value is -1.92. The molecule has 0 spiro atoms. The molecule has 2 rings (SSSR count). The van der Waals surface area contributed by atoms with Gasteiger partial charge in [-0.05, 0) is 12.8 Å². The van der Waals surface area contributed by atoms with Crippen LogP contribution in [-0.4, -0.2) is 52.0 Å². The Balaban J connectivity index is 2.05. The number of esters is 1. The van der Waals surface area contributed by atoms with Gasteiger partial charge < -0.3 is 9.64 Å². The maximum Gasteiger partial charge on any atom is 0.310 e. The smallest absolute Gasteiger partial charge is 0.310 e. The van der Waals surface area contributed by atoms with E-state index in [1.165, 1.54) is 11.8 Å². The van der Waals surface area contributed by atoms with Gasteiger partial charge in [-0.15, -0.1) is 5.10 Å². The van der Waals surface area contributed by atoms with Crippen LogP contribution in [0, 0.1) is 5.92 Å². The first-order valence-electron chi connectivity index (χ1n) is 5.85. The number of carbonyl (C=O) groups excluding carboxylic acids is 2. The first-order chi connectivity index (χ1) is 8.61. The van der Waals surface area contributed by atoms with Crippen LogP contribution in [0.4, 0.5) is 0 Å². The number of amides is 1. The van der Waals surface area contributed by atoms with Crippen molar-refractivity contribution in [3.8, 4) is 0 Å². The second-order valence-electron chi connectivity index (χ2n) is 4.39. The van der Waals surface area contributed by atoms with Crippen LogP contribution in [0.1, 0.15) is 23.3 Å². The maximum absolute atomic E-state index is 12.1. The number of hydrogen-bond acceptors (Lipinski definition) is 5. The lowest BCUT2D eigenvalue weighted by Crippen LogP contribution is -2.42. The molecule has 1 aliphatic rings. The predicted octanol–water partition coefficient (Wildman–Crippen LogP) is -0.160. The lowest BCUT2D eigenvalue weighted by molar-refractivity contribution is -0.146. The van der Waals surface area contributed by atoms with E-state index in [2.05, 4.69) is 10.3 Å². The number of carbonyl (C=O) groups is 2. The molecule has 7 nitrogen and oxygen atoms in total. The number of ether oxygens (including phenoxy) is 1. The molecule has 1 aromatic rings. The van der Waals surface area contributed by atoms with E-state index in [0.717, 1.165) is 12.8 Å². The molecule has 1 saturated heterocycles. The molecule has 2 heterocycles. The third kappa shape index (κ3) is 2.49. The van der Waals surface area contributed by atoms with E-state index in [9.17, 15) is 9.59 Å². The topological polar surface area (TPSA) is 77.3 Å². The van der Waals surface area contributed by atoms with Gasteiger partial charge in [-0.1, -0.05) is 5.21 Å². The zero-order chi connectivity index (χ0) is 13.1. The molecule has 1 amide bonds. The Morgan fingerprint density at radius 3 is 2.89 bits per heavy atom. The van der Waals surface area contributed by atoms with Gasteiger partial charge in [-0.25, -0.2) is 0 Å². The van der Waals surface area contributed by atoms with Gasteiger partial charge >= 0.3 is 5.97 Å². The number of likely N-dealkylation sites (tertiary alicyclic amines) is 1. The van der Waals surface area contributed by atoms with Gasteiger partial charge in [0.15, 0.2) is 5.69 Å². The van der Waals surface area contributed by atoms with Gasteiger partial charge in [0.2, 0.25) is 0 Å². The van der Waals surface area contributed by atoms with Gasteiger partial charge in [0.1, 0.15) is 0 Å². The highest BCUT2D eigenvalue weighted by atomic mass is 16.5. The van der Waals surface area contributed by atoms with Crippen molar-refractivity contribution in [3.05, 3.63) is 11.9 Å². The van der Waals surface area contributed by atoms with Crippen molar-refractivity contribution >= 4 is 11.9 Å². The molecular weight excluding hydrogens is 236 g/mol. The van der Waals surface area contributed by atoms with E-state index in [-0.39, 0.29) is 17.8 Å². The summed E-state index contributed by atoms with van der Waals surface area (Å²) in [6, 6.07) is 0. The zero-order valence-electron chi connectivity index (χ0n) is 10.5. The van der Waals surface area contributed by atoms with Crippen LogP contribution >= 0.6 is 0 Å². The molecule has 1 unspecified atom stereocenters. The molecule has 0 aliphatic carbocycles. The van der Waals surface area contributed by atoms with Gasteiger partial charge in [0, 0.05) is 20.1 Å². The van der Waals surface area contributed by atoms with Gasteiger partial charge in [0.05, 0.1) is 19.2 Å². The minimum absolute atomic E-state index is 0.184.